The molecule has 1 radical (unpaired) electrons. The van der Waals surface area contributed by atoms with Crippen LogP contribution in [0.5, 0.6) is 0 Å². The van der Waals surface area contributed by atoms with Crippen molar-refractivity contribution in [2.45, 2.75) is 6.42 Å². The molecule has 1 amide bonds. The first kappa shape index (κ1) is 7.85. The molecular formula is C8H10NO2. The fourth-order valence-corrected chi connectivity index (χ4v) is 0.697. The van der Waals surface area contributed by atoms with E-state index in [1.165, 1.54) is 6.26 Å². The third-order valence-electron chi connectivity index (χ3n) is 1.21. The summed E-state index contributed by atoms with van der Waals surface area (Å²) in [5.41, 5.74) is 0. The molecule has 0 saturated carbocycles. The molecular weight excluding hydrogens is 142 g/mol. The van der Waals surface area contributed by atoms with E-state index in [1.807, 2.05) is 0 Å². The zero-order valence-electron chi connectivity index (χ0n) is 6.17. The summed E-state index contributed by atoms with van der Waals surface area (Å²) in [6, 6.07) is 3.30. The summed E-state index contributed by atoms with van der Waals surface area (Å²) >= 11 is 0. The minimum atomic E-state index is -0.182. The molecule has 0 fully saturated rings. The molecule has 1 aromatic heterocycles. The topological polar surface area (TPSA) is 42.2 Å². The first-order valence-electron chi connectivity index (χ1n) is 3.45. The molecule has 0 aliphatic heterocycles. The molecule has 0 aliphatic rings. The molecule has 0 unspecified atom stereocenters. The maximum atomic E-state index is 11.0. The minimum Gasteiger partial charge on any atom is -0.459 e. The first-order chi connectivity index (χ1) is 5.34. The lowest BCUT2D eigenvalue weighted by Crippen LogP contribution is -2.23. The maximum Gasteiger partial charge on any atom is 0.286 e. The van der Waals surface area contributed by atoms with Gasteiger partial charge in [-0.2, -0.15) is 0 Å². The summed E-state index contributed by atoms with van der Waals surface area (Å²) in [4.78, 5) is 11.0. The highest BCUT2D eigenvalue weighted by molar-refractivity contribution is 5.91. The number of hydrogen-bond donors (Lipinski definition) is 1. The van der Waals surface area contributed by atoms with E-state index in [0.717, 1.165) is 0 Å². The van der Waals surface area contributed by atoms with E-state index < -0.39 is 0 Å². The molecule has 1 aromatic rings. The lowest BCUT2D eigenvalue weighted by atomic mass is 10.4. The van der Waals surface area contributed by atoms with Crippen LogP contribution in [0.1, 0.15) is 17.0 Å². The molecule has 3 nitrogen and oxygen atoms in total. The quantitative estimate of drug-likeness (QED) is 0.707. The largest absolute Gasteiger partial charge is 0.459 e. The van der Waals surface area contributed by atoms with Crippen molar-refractivity contribution in [2.75, 3.05) is 6.54 Å². The van der Waals surface area contributed by atoms with Crippen LogP contribution in [0, 0.1) is 6.92 Å². The van der Waals surface area contributed by atoms with Crippen LogP contribution in [0.2, 0.25) is 0 Å². The normalized spacial score (nSPS) is 9.55. The summed E-state index contributed by atoms with van der Waals surface area (Å²) in [7, 11) is 0. The Balaban J connectivity index is 2.43. The Morgan fingerprint density at radius 2 is 2.55 bits per heavy atom. The van der Waals surface area contributed by atoms with Crippen molar-refractivity contribution in [2.24, 2.45) is 0 Å². The van der Waals surface area contributed by atoms with Crippen LogP contribution >= 0.6 is 0 Å². The molecule has 0 aromatic carbocycles. The Hall–Kier alpha value is -1.25. The van der Waals surface area contributed by atoms with Gasteiger partial charge >= 0.3 is 0 Å². The van der Waals surface area contributed by atoms with Gasteiger partial charge in [0.15, 0.2) is 5.76 Å². The smallest absolute Gasteiger partial charge is 0.286 e. The standard InChI is InChI=1S/C8H10NO2/c1-2-5-9-8(10)7-4-3-6-11-7/h3-4,6H,1-2,5H2,(H,9,10). The van der Waals surface area contributed by atoms with Gasteiger partial charge in [0, 0.05) is 6.54 Å². The zero-order valence-corrected chi connectivity index (χ0v) is 6.17. The number of carbonyl (C=O) groups excluding carboxylic acids is 1. The summed E-state index contributed by atoms with van der Waals surface area (Å²) in [5.74, 6) is 0.164. The number of carbonyl (C=O) groups is 1. The van der Waals surface area contributed by atoms with Gasteiger partial charge < -0.3 is 9.73 Å². The van der Waals surface area contributed by atoms with Crippen LogP contribution in [0.25, 0.3) is 0 Å². The van der Waals surface area contributed by atoms with Crippen molar-refractivity contribution >= 4 is 5.91 Å². The Kier molecular flexibility index (Phi) is 2.72. The number of hydrogen-bond acceptors (Lipinski definition) is 2. The summed E-state index contributed by atoms with van der Waals surface area (Å²) in [6.07, 6.45) is 2.16. The van der Waals surface area contributed by atoms with Gasteiger partial charge in [0.25, 0.3) is 5.91 Å². The number of amides is 1. The molecule has 1 N–H and O–H groups in total. The molecule has 11 heavy (non-hydrogen) atoms. The molecule has 0 saturated heterocycles. The lowest BCUT2D eigenvalue weighted by Gasteiger charge is -1.97. The third-order valence-corrected chi connectivity index (χ3v) is 1.21. The van der Waals surface area contributed by atoms with Crippen LogP contribution in [0.4, 0.5) is 0 Å². The molecule has 3 heteroatoms. The Morgan fingerprint density at radius 3 is 3.09 bits per heavy atom. The third kappa shape index (κ3) is 2.11. The number of furan rings is 1. The highest BCUT2D eigenvalue weighted by Gasteiger charge is 2.05. The van der Waals surface area contributed by atoms with Gasteiger partial charge in [-0.3, -0.25) is 4.79 Å². The van der Waals surface area contributed by atoms with E-state index in [4.69, 9.17) is 4.42 Å². The number of nitrogens with one attached hydrogen (secondary N) is 1. The summed E-state index contributed by atoms with van der Waals surface area (Å²) in [5, 5.41) is 2.64. The van der Waals surface area contributed by atoms with Crippen LogP contribution in [0.3, 0.4) is 0 Å². The molecule has 0 bridgehead atoms. The van der Waals surface area contributed by atoms with Crippen molar-refractivity contribution in [1.82, 2.24) is 5.32 Å². The predicted molar refractivity (Wildman–Crippen MR) is 41.0 cm³/mol. The van der Waals surface area contributed by atoms with Gasteiger partial charge in [-0.05, 0) is 18.6 Å². The SMILES string of the molecule is [CH2]CCNC(=O)c1ccco1. The van der Waals surface area contributed by atoms with Crippen LogP contribution in [-0.4, -0.2) is 12.5 Å². The van der Waals surface area contributed by atoms with Crippen LogP contribution in [0.15, 0.2) is 22.8 Å². The van der Waals surface area contributed by atoms with Crippen molar-refractivity contribution in [3.8, 4) is 0 Å². The summed E-state index contributed by atoms with van der Waals surface area (Å²) < 4.78 is 4.86. The first-order valence-corrected chi connectivity index (χ1v) is 3.45. The van der Waals surface area contributed by atoms with Gasteiger partial charge in [-0.1, -0.05) is 6.92 Å². The average Bonchev–Trinajstić information content (AvgIpc) is 2.52. The second kappa shape index (κ2) is 3.81. The monoisotopic (exact) mass is 152 g/mol. The van der Waals surface area contributed by atoms with Gasteiger partial charge in [-0.25, -0.2) is 0 Å². The fraction of sp³-hybridized carbons (Fsp3) is 0.250. The molecule has 0 aliphatic carbocycles. The highest BCUT2D eigenvalue weighted by atomic mass is 16.3. The van der Waals surface area contributed by atoms with E-state index in [9.17, 15) is 4.79 Å². The van der Waals surface area contributed by atoms with E-state index in [1.54, 1.807) is 12.1 Å². The minimum absolute atomic E-state index is 0.182. The van der Waals surface area contributed by atoms with Gasteiger partial charge in [0.05, 0.1) is 6.26 Å². The van der Waals surface area contributed by atoms with E-state index >= 15 is 0 Å². The van der Waals surface area contributed by atoms with E-state index in [0.29, 0.717) is 18.7 Å². The fourth-order valence-electron chi connectivity index (χ4n) is 0.697. The van der Waals surface area contributed by atoms with E-state index in [2.05, 4.69) is 12.2 Å². The van der Waals surface area contributed by atoms with Crippen molar-refractivity contribution in [3.05, 3.63) is 31.1 Å². The van der Waals surface area contributed by atoms with E-state index in [-0.39, 0.29) is 5.91 Å². The van der Waals surface area contributed by atoms with Gasteiger partial charge in [0.2, 0.25) is 0 Å². The highest BCUT2D eigenvalue weighted by Crippen LogP contribution is 1.98. The van der Waals surface area contributed by atoms with Gasteiger partial charge in [-0.15, -0.1) is 0 Å². The zero-order chi connectivity index (χ0) is 8.10. The second-order valence-corrected chi connectivity index (χ2v) is 2.09. The number of rotatable bonds is 3. The molecule has 0 atom stereocenters. The molecule has 1 heterocycles. The average molecular weight is 152 g/mol. The molecule has 0 spiro atoms. The molecule has 59 valence electrons. The van der Waals surface area contributed by atoms with Crippen molar-refractivity contribution < 1.29 is 9.21 Å². The Morgan fingerprint density at radius 1 is 1.73 bits per heavy atom. The maximum absolute atomic E-state index is 11.0. The Labute approximate surface area is 65.4 Å². The predicted octanol–water partition coefficient (Wildman–Crippen LogP) is 1.23. The van der Waals surface area contributed by atoms with Crippen molar-refractivity contribution in [3.63, 3.8) is 0 Å². The van der Waals surface area contributed by atoms with Crippen LogP contribution in [-0.2, 0) is 0 Å². The van der Waals surface area contributed by atoms with Crippen molar-refractivity contribution in [1.29, 1.82) is 0 Å². The Bertz CT molecular complexity index is 216. The molecule has 1 rings (SSSR count). The summed E-state index contributed by atoms with van der Waals surface area (Å²) in [6.45, 7) is 4.18. The van der Waals surface area contributed by atoms with Crippen LogP contribution < -0.4 is 5.32 Å². The van der Waals surface area contributed by atoms with Gasteiger partial charge in [0.1, 0.15) is 0 Å². The second-order valence-electron chi connectivity index (χ2n) is 2.09. The lowest BCUT2D eigenvalue weighted by molar-refractivity contribution is 0.0926.